The number of alkyl halides is 3. The molecule has 1 N–H and O–H groups in total. The van der Waals surface area contributed by atoms with Crippen LogP contribution in [0.15, 0.2) is 24.3 Å². The van der Waals surface area contributed by atoms with Gasteiger partial charge in [-0.15, -0.1) is 0 Å². The van der Waals surface area contributed by atoms with Gasteiger partial charge in [0.15, 0.2) is 0 Å². The number of nitrogens with one attached hydrogen (secondary N) is 1. The van der Waals surface area contributed by atoms with Gasteiger partial charge >= 0.3 is 6.18 Å². The number of hydrogen-bond donors (Lipinski definition) is 1. The van der Waals surface area contributed by atoms with Gasteiger partial charge in [0.2, 0.25) is 5.91 Å². The van der Waals surface area contributed by atoms with Crippen molar-refractivity contribution in [2.45, 2.75) is 44.3 Å². The summed E-state index contributed by atoms with van der Waals surface area (Å²) in [6, 6.07) is 6.15. The molecule has 0 aromatic heterocycles. The van der Waals surface area contributed by atoms with Crippen molar-refractivity contribution in [1.29, 1.82) is 0 Å². The first-order valence-electron chi connectivity index (χ1n) is 7.39. The second-order valence-corrected chi connectivity index (χ2v) is 5.63. The Morgan fingerprint density at radius 2 is 2.05 bits per heavy atom. The zero-order valence-electron chi connectivity index (χ0n) is 12.5. The zero-order valence-corrected chi connectivity index (χ0v) is 12.5. The maximum absolute atomic E-state index is 13.0. The third kappa shape index (κ3) is 4.39. The van der Waals surface area contributed by atoms with Crippen LogP contribution in [-0.4, -0.2) is 25.2 Å². The number of halogens is 3. The molecule has 2 rings (SSSR count). The fourth-order valence-electron chi connectivity index (χ4n) is 2.92. The number of methoxy groups -OCH3 is 1. The molecule has 6 heteroatoms. The van der Waals surface area contributed by atoms with Gasteiger partial charge in [-0.2, -0.15) is 13.2 Å². The molecule has 3 nitrogen and oxygen atoms in total. The van der Waals surface area contributed by atoms with Gasteiger partial charge in [-0.05, 0) is 30.5 Å². The molecule has 0 bridgehead atoms. The maximum atomic E-state index is 13.0. The third-order valence-corrected chi connectivity index (χ3v) is 4.03. The van der Waals surface area contributed by atoms with Gasteiger partial charge < -0.3 is 10.1 Å². The first kappa shape index (κ1) is 16.6. The van der Waals surface area contributed by atoms with Crippen LogP contribution < -0.4 is 10.1 Å². The standard InChI is InChI=1S/C16H20F3NO2/c1-22-12-6-4-5-11(9-12)10-15(21)20-14-8-3-2-7-13(14)16(17,18)19/h4-6,9,13-14H,2-3,7-8,10H2,1H3,(H,20,21)/t13-,14-/m1/s1. The summed E-state index contributed by atoms with van der Waals surface area (Å²) in [5.41, 5.74) is 0.719. The fourth-order valence-corrected chi connectivity index (χ4v) is 2.92. The van der Waals surface area contributed by atoms with Gasteiger partial charge in [-0.3, -0.25) is 4.79 Å². The highest BCUT2D eigenvalue weighted by atomic mass is 19.4. The number of ether oxygens (including phenoxy) is 1. The lowest BCUT2D eigenvalue weighted by Gasteiger charge is -2.33. The highest BCUT2D eigenvalue weighted by Gasteiger charge is 2.45. The highest BCUT2D eigenvalue weighted by Crippen LogP contribution is 2.37. The number of hydrogen-bond acceptors (Lipinski definition) is 2. The van der Waals surface area contributed by atoms with E-state index in [1.54, 1.807) is 24.3 Å². The molecular formula is C16H20F3NO2. The summed E-state index contributed by atoms with van der Waals surface area (Å²) >= 11 is 0. The van der Waals surface area contributed by atoms with Crippen LogP contribution in [0.1, 0.15) is 31.2 Å². The van der Waals surface area contributed by atoms with Gasteiger partial charge in [-0.25, -0.2) is 0 Å². The van der Waals surface area contributed by atoms with E-state index < -0.39 is 18.1 Å². The smallest absolute Gasteiger partial charge is 0.393 e. The van der Waals surface area contributed by atoms with Crippen molar-refractivity contribution in [3.8, 4) is 5.75 Å². The van der Waals surface area contributed by atoms with Crippen LogP contribution in [0, 0.1) is 5.92 Å². The van der Waals surface area contributed by atoms with Crippen LogP contribution >= 0.6 is 0 Å². The Morgan fingerprint density at radius 1 is 1.32 bits per heavy atom. The van der Waals surface area contributed by atoms with Crippen molar-refractivity contribution in [2.24, 2.45) is 5.92 Å². The Balaban J connectivity index is 1.97. The molecule has 0 heterocycles. The zero-order chi connectivity index (χ0) is 16.2. The van der Waals surface area contributed by atoms with Gasteiger partial charge in [0, 0.05) is 6.04 Å². The lowest BCUT2D eigenvalue weighted by molar-refractivity contribution is -0.189. The Kier molecular flexibility index (Phi) is 5.32. The number of carbonyl (C=O) groups excluding carboxylic acids is 1. The Bertz CT molecular complexity index is 516. The number of carbonyl (C=O) groups is 1. The molecule has 22 heavy (non-hydrogen) atoms. The largest absolute Gasteiger partial charge is 0.497 e. The second-order valence-electron chi connectivity index (χ2n) is 5.63. The lowest BCUT2D eigenvalue weighted by atomic mass is 9.84. The Morgan fingerprint density at radius 3 is 2.73 bits per heavy atom. The van der Waals surface area contributed by atoms with Crippen molar-refractivity contribution in [2.75, 3.05) is 7.11 Å². The first-order valence-corrected chi connectivity index (χ1v) is 7.39. The minimum absolute atomic E-state index is 0.0538. The summed E-state index contributed by atoms with van der Waals surface area (Å²) in [6.45, 7) is 0. The molecule has 1 aliphatic rings. The SMILES string of the molecule is COc1cccc(CC(=O)N[C@@H]2CCCC[C@H]2C(F)(F)F)c1. The predicted molar refractivity (Wildman–Crippen MR) is 76.6 cm³/mol. The van der Waals surface area contributed by atoms with Crippen LogP contribution in [0.3, 0.4) is 0 Å². The average molecular weight is 315 g/mol. The molecule has 122 valence electrons. The van der Waals surface area contributed by atoms with E-state index in [1.165, 1.54) is 7.11 Å². The Labute approximate surface area is 127 Å². The van der Waals surface area contributed by atoms with E-state index >= 15 is 0 Å². The molecule has 2 atom stereocenters. The average Bonchev–Trinajstić information content (AvgIpc) is 2.46. The fraction of sp³-hybridized carbons (Fsp3) is 0.562. The van der Waals surface area contributed by atoms with Crippen LogP contribution in [0.5, 0.6) is 5.75 Å². The minimum Gasteiger partial charge on any atom is -0.497 e. The van der Waals surface area contributed by atoms with Crippen LogP contribution in [-0.2, 0) is 11.2 Å². The van der Waals surface area contributed by atoms with Crippen molar-refractivity contribution < 1.29 is 22.7 Å². The second kappa shape index (κ2) is 7.03. The number of benzene rings is 1. The summed E-state index contributed by atoms with van der Waals surface area (Å²) in [7, 11) is 1.52. The van der Waals surface area contributed by atoms with E-state index in [0.29, 0.717) is 18.6 Å². The molecule has 1 aromatic rings. The van der Waals surface area contributed by atoms with Gasteiger partial charge in [0.05, 0.1) is 19.4 Å². The van der Waals surface area contributed by atoms with Crippen LogP contribution in [0.4, 0.5) is 13.2 Å². The van der Waals surface area contributed by atoms with Crippen molar-refractivity contribution in [3.63, 3.8) is 0 Å². The topological polar surface area (TPSA) is 38.3 Å². The molecule has 1 amide bonds. The monoisotopic (exact) mass is 315 g/mol. The molecule has 0 unspecified atom stereocenters. The van der Waals surface area contributed by atoms with E-state index in [-0.39, 0.29) is 18.7 Å². The maximum Gasteiger partial charge on any atom is 0.393 e. The van der Waals surface area contributed by atoms with Crippen LogP contribution in [0.25, 0.3) is 0 Å². The van der Waals surface area contributed by atoms with Crippen molar-refractivity contribution in [3.05, 3.63) is 29.8 Å². The molecule has 0 aliphatic heterocycles. The molecule has 0 spiro atoms. The van der Waals surface area contributed by atoms with Crippen molar-refractivity contribution in [1.82, 2.24) is 5.32 Å². The summed E-state index contributed by atoms with van der Waals surface area (Å²) in [5.74, 6) is -1.19. The van der Waals surface area contributed by atoms with Gasteiger partial charge in [-0.1, -0.05) is 25.0 Å². The van der Waals surface area contributed by atoms with Crippen molar-refractivity contribution >= 4 is 5.91 Å². The van der Waals surface area contributed by atoms with Crippen LogP contribution in [0.2, 0.25) is 0 Å². The molecule has 0 radical (unpaired) electrons. The highest BCUT2D eigenvalue weighted by molar-refractivity contribution is 5.79. The summed E-state index contributed by atoms with van der Waals surface area (Å²) in [4.78, 5) is 12.0. The third-order valence-electron chi connectivity index (χ3n) is 4.03. The number of rotatable bonds is 4. The first-order chi connectivity index (χ1) is 10.4. The normalized spacial score (nSPS) is 22.2. The molecular weight excluding hydrogens is 295 g/mol. The quantitative estimate of drug-likeness (QED) is 0.924. The summed E-state index contributed by atoms with van der Waals surface area (Å²) < 4.78 is 44.1. The summed E-state index contributed by atoms with van der Waals surface area (Å²) in [6.07, 6.45) is -2.45. The van der Waals surface area contributed by atoms with E-state index in [0.717, 1.165) is 12.0 Å². The van der Waals surface area contributed by atoms with E-state index in [2.05, 4.69) is 5.32 Å². The minimum atomic E-state index is -4.26. The lowest BCUT2D eigenvalue weighted by Crippen LogP contribution is -2.48. The predicted octanol–water partition coefficient (Wildman–Crippen LogP) is 3.48. The molecule has 1 aliphatic carbocycles. The molecule has 1 fully saturated rings. The van der Waals surface area contributed by atoms with Gasteiger partial charge in [0.25, 0.3) is 0 Å². The van der Waals surface area contributed by atoms with E-state index in [9.17, 15) is 18.0 Å². The molecule has 0 saturated heterocycles. The summed E-state index contributed by atoms with van der Waals surface area (Å²) in [5, 5.41) is 2.56. The molecule has 1 saturated carbocycles. The molecule has 1 aromatic carbocycles. The van der Waals surface area contributed by atoms with Gasteiger partial charge in [0.1, 0.15) is 5.75 Å². The number of amides is 1. The van der Waals surface area contributed by atoms with E-state index in [4.69, 9.17) is 4.74 Å². The Hall–Kier alpha value is -1.72. The van der Waals surface area contributed by atoms with E-state index in [1.807, 2.05) is 0 Å².